The lowest BCUT2D eigenvalue weighted by Gasteiger charge is -2.17. The van der Waals surface area contributed by atoms with Crippen LogP contribution in [0.25, 0.3) is 10.1 Å². The minimum atomic E-state index is -1.07. The number of halogens is 1. The zero-order chi connectivity index (χ0) is 14.9. The number of aliphatic carboxylic acids is 1. The molecule has 0 bridgehead atoms. The summed E-state index contributed by atoms with van der Waals surface area (Å²) in [5, 5.41) is 12.3. The Morgan fingerprint density at radius 2 is 2.00 bits per heavy atom. The van der Waals surface area contributed by atoms with E-state index < -0.39 is 17.9 Å². The molecule has 2 aromatic rings. The van der Waals surface area contributed by atoms with Crippen molar-refractivity contribution in [3.63, 3.8) is 0 Å². The van der Waals surface area contributed by atoms with Crippen LogP contribution < -0.4 is 5.32 Å². The summed E-state index contributed by atoms with van der Waals surface area (Å²) >= 11 is 1.14. The molecule has 0 aliphatic heterocycles. The predicted molar refractivity (Wildman–Crippen MR) is 75.5 cm³/mol. The van der Waals surface area contributed by atoms with Crippen LogP contribution in [0.3, 0.4) is 0 Å². The number of fused-ring (bicyclic) bond motifs is 1. The third-order valence-corrected chi connectivity index (χ3v) is 4.02. The molecule has 1 heterocycles. The first-order valence-electron chi connectivity index (χ1n) is 6.11. The fourth-order valence-corrected chi connectivity index (χ4v) is 2.83. The van der Waals surface area contributed by atoms with Gasteiger partial charge in [-0.1, -0.05) is 19.9 Å². The van der Waals surface area contributed by atoms with Gasteiger partial charge in [0.25, 0.3) is 5.91 Å². The lowest BCUT2D eigenvalue weighted by atomic mass is 10.0. The second-order valence-corrected chi connectivity index (χ2v) is 5.91. The number of carboxylic acids is 1. The number of amides is 1. The summed E-state index contributed by atoms with van der Waals surface area (Å²) in [6.45, 7) is 3.44. The van der Waals surface area contributed by atoms with Gasteiger partial charge in [0.15, 0.2) is 0 Å². The Morgan fingerprint density at radius 3 is 2.60 bits per heavy atom. The summed E-state index contributed by atoms with van der Waals surface area (Å²) in [4.78, 5) is 23.5. The van der Waals surface area contributed by atoms with Gasteiger partial charge < -0.3 is 10.4 Å². The Morgan fingerprint density at radius 1 is 1.30 bits per heavy atom. The van der Waals surface area contributed by atoms with Crippen LogP contribution in [0.15, 0.2) is 24.3 Å². The van der Waals surface area contributed by atoms with E-state index in [0.717, 1.165) is 16.7 Å². The fraction of sp³-hybridized carbons (Fsp3) is 0.286. The van der Waals surface area contributed by atoms with Crippen molar-refractivity contribution in [2.45, 2.75) is 19.9 Å². The molecular weight excluding hydrogens is 281 g/mol. The van der Waals surface area contributed by atoms with E-state index in [1.165, 1.54) is 12.1 Å². The van der Waals surface area contributed by atoms with Gasteiger partial charge in [-0.15, -0.1) is 11.3 Å². The van der Waals surface area contributed by atoms with Crippen LogP contribution in [0.4, 0.5) is 4.39 Å². The van der Waals surface area contributed by atoms with E-state index >= 15 is 0 Å². The number of thiophene rings is 1. The van der Waals surface area contributed by atoms with Gasteiger partial charge in [-0.3, -0.25) is 4.79 Å². The van der Waals surface area contributed by atoms with Crippen LogP contribution in [0.2, 0.25) is 0 Å². The molecule has 0 radical (unpaired) electrons. The van der Waals surface area contributed by atoms with E-state index in [2.05, 4.69) is 5.32 Å². The molecule has 106 valence electrons. The molecule has 0 aliphatic carbocycles. The van der Waals surface area contributed by atoms with E-state index in [1.54, 1.807) is 26.0 Å². The number of carboxylic acid groups (broad SMARTS) is 1. The van der Waals surface area contributed by atoms with Gasteiger partial charge >= 0.3 is 5.97 Å². The zero-order valence-electron chi connectivity index (χ0n) is 11.0. The van der Waals surface area contributed by atoms with Crippen molar-refractivity contribution >= 4 is 33.3 Å². The number of benzene rings is 1. The highest BCUT2D eigenvalue weighted by Gasteiger charge is 2.24. The monoisotopic (exact) mass is 295 g/mol. The van der Waals surface area contributed by atoms with Crippen LogP contribution in [0.5, 0.6) is 0 Å². The molecule has 6 heteroatoms. The van der Waals surface area contributed by atoms with E-state index in [4.69, 9.17) is 5.11 Å². The molecule has 0 spiro atoms. The van der Waals surface area contributed by atoms with Gasteiger partial charge in [-0.05, 0) is 29.5 Å². The van der Waals surface area contributed by atoms with E-state index in [9.17, 15) is 14.0 Å². The predicted octanol–water partition coefficient (Wildman–Crippen LogP) is 2.88. The highest BCUT2D eigenvalue weighted by atomic mass is 32.1. The second-order valence-electron chi connectivity index (χ2n) is 4.83. The maximum atomic E-state index is 13.1. The fourth-order valence-electron chi connectivity index (χ4n) is 1.84. The Kier molecular flexibility index (Phi) is 4.04. The van der Waals surface area contributed by atoms with Gasteiger partial charge in [0.2, 0.25) is 0 Å². The molecule has 20 heavy (non-hydrogen) atoms. The normalized spacial score (nSPS) is 12.6. The molecule has 2 rings (SSSR count). The van der Waals surface area contributed by atoms with Crippen molar-refractivity contribution < 1.29 is 19.1 Å². The number of hydrogen-bond acceptors (Lipinski definition) is 3. The molecule has 1 atom stereocenters. The SMILES string of the molecule is CC(C)[C@H](NC(=O)c1cc2ccc(F)cc2s1)C(=O)O. The van der Waals surface area contributed by atoms with Crippen LogP contribution >= 0.6 is 11.3 Å². The van der Waals surface area contributed by atoms with Gasteiger partial charge in [0, 0.05) is 4.70 Å². The smallest absolute Gasteiger partial charge is 0.326 e. The Bertz CT molecular complexity index is 665. The first-order chi connectivity index (χ1) is 9.38. The van der Waals surface area contributed by atoms with Crippen LogP contribution in [-0.2, 0) is 4.79 Å². The largest absolute Gasteiger partial charge is 0.480 e. The minimum absolute atomic E-state index is 0.219. The van der Waals surface area contributed by atoms with Crippen molar-refractivity contribution in [2.75, 3.05) is 0 Å². The molecular formula is C14H14FNO3S. The zero-order valence-corrected chi connectivity index (χ0v) is 11.8. The maximum absolute atomic E-state index is 13.1. The lowest BCUT2D eigenvalue weighted by Crippen LogP contribution is -2.44. The summed E-state index contributed by atoms with van der Waals surface area (Å²) < 4.78 is 13.8. The molecule has 0 unspecified atom stereocenters. The highest BCUT2D eigenvalue weighted by molar-refractivity contribution is 7.20. The lowest BCUT2D eigenvalue weighted by molar-refractivity contribution is -0.140. The summed E-state index contributed by atoms with van der Waals surface area (Å²) in [5.74, 6) is -2.10. The van der Waals surface area contributed by atoms with Crippen molar-refractivity contribution in [3.05, 3.63) is 35.0 Å². The number of carbonyl (C=O) groups excluding carboxylic acids is 1. The summed E-state index contributed by atoms with van der Waals surface area (Å²) in [7, 11) is 0. The van der Waals surface area contributed by atoms with Crippen LogP contribution in [0, 0.1) is 11.7 Å². The number of hydrogen-bond donors (Lipinski definition) is 2. The highest BCUT2D eigenvalue weighted by Crippen LogP contribution is 2.26. The first-order valence-corrected chi connectivity index (χ1v) is 6.93. The van der Waals surface area contributed by atoms with Crippen molar-refractivity contribution in [2.24, 2.45) is 5.92 Å². The average Bonchev–Trinajstić information content (AvgIpc) is 2.77. The molecule has 1 aromatic heterocycles. The quantitative estimate of drug-likeness (QED) is 0.911. The van der Waals surface area contributed by atoms with Gasteiger partial charge in [0.05, 0.1) is 4.88 Å². The molecule has 4 nitrogen and oxygen atoms in total. The summed E-state index contributed by atoms with van der Waals surface area (Å²) in [6.07, 6.45) is 0. The van der Waals surface area contributed by atoms with Crippen molar-refractivity contribution in [3.8, 4) is 0 Å². The molecule has 2 N–H and O–H groups in total. The average molecular weight is 295 g/mol. The van der Waals surface area contributed by atoms with E-state index in [1.807, 2.05) is 0 Å². The Hall–Kier alpha value is -1.95. The molecule has 1 aromatic carbocycles. The Balaban J connectivity index is 2.25. The van der Waals surface area contributed by atoms with Crippen molar-refractivity contribution in [1.82, 2.24) is 5.32 Å². The second kappa shape index (κ2) is 5.58. The van der Waals surface area contributed by atoms with Crippen LogP contribution in [-0.4, -0.2) is 23.0 Å². The number of nitrogens with one attached hydrogen (secondary N) is 1. The van der Waals surface area contributed by atoms with Crippen LogP contribution in [0.1, 0.15) is 23.5 Å². The van der Waals surface area contributed by atoms with E-state index in [-0.39, 0.29) is 11.7 Å². The van der Waals surface area contributed by atoms with Gasteiger partial charge in [0.1, 0.15) is 11.9 Å². The minimum Gasteiger partial charge on any atom is -0.480 e. The van der Waals surface area contributed by atoms with Gasteiger partial charge in [-0.2, -0.15) is 0 Å². The molecule has 0 saturated carbocycles. The van der Waals surface area contributed by atoms with Crippen molar-refractivity contribution in [1.29, 1.82) is 0 Å². The standard InChI is InChI=1S/C14H14FNO3S/c1-7(2)12(14(18)19)16-13(17)11-5-8-3-4-9(15)6-10(8)20-11/h3-7,12H,1-2H3,(H,16,17)(H,18,19)/t12-/m0/s1. The first kappa shape index (κ1) is 14.5. The maximum Gasteiger partial charge on any atom is 0.326 e. The number of rotatable bonds is 4. The molecule has 1 amide bonds. The third-order valence-electron chi connectivity index (χ3n) is 2.93. The molecule has 0 aliphatic rings. The Labute approximate surface area is 119 Å². The van der Waals surface area contributed by atoms with E-state index in [0.29, 0.717) is 9.58 Å². The summed E-state index contributed by atoms with van der Waals surface area (Å²) in [5.41, 5.74) is 0. The third kappa shape index (κ3) is 2.96. The summed E-state index contributed by atoms with van der Waals surface area (Å²) in [6, 6.07) is 4.96. The topological polar surface area (TPSA) is 66.4 Å². The molecule has 0 fully saturated rings. The van der Waals surface area contributed by atoms with Gasteiger partial charge in [-0.25, -0.2) is 9.18 Å². The molecule has 0 saturated heterocycles. The number of carbonyl (C=O) groups is 2.